The highest BCUT2D eigenvalue weighted by molar-refractivity contribution is 5.87. The van der Waals surface area contributed by atoms with E-state index < -0.39 is 17.9 Å². The van der Waals surface area contributed by atoms with Crippen LogP contribution in [-0.4, -0.2) is 25.0 Å². The van der Waals surface area contributed by atoms with Crippen LogP contribution >= 0.6 is 12.4 Å². The number of hydrogen-bond donors (Lipinski definition) is 3. The lowest BCUT2D eigenvalue weighted by atomic mass is 10.1. The van der Waals surface area contributed by atoms with Crippen LogP contribution in [0.1, 0.15) is 17.5 Å². The first-order chi connectivity index (χ1) is 9.02. The van der Waals surface area contributed by atoms with Crippen LogP contribution in [0.3, 0.4) is 0 Å². The number of carbonyl (C=O) groups excluding carboxylic acids is 2. The van der Waals surface area contributed by atoms with E-state index in [1.54, 1.807) is 7.11 Å². The van der Waals surface area contributed by atoms with E-state index in [0.29, 0.717) is 13.2 Å². The standard InChI is InChI=1S/C13H19N3O3.ClH/c1-19-8-10-4-2-3-9(5-10)7-16-13(18)11(14)6-12(15)17;/h2-5,11H,6-8,14H2,1H3,(H2,15,17)(H,16,18);1H. The van der Waals surface area contributed by atoms with Gasteiger partial charge in [-0.2, -0.15) is 0 Å². The minimum Gasteiger partial charge on any atom is -0.380 e. The molecule has 1 atom stereocenters. The van der Waals surface area contributed by atoms with Gasteiger partial charge in [0.15, 0.2) is 0 Å². The van der Waals surface area contributed by atoms with Crippen LogP contribution in [0.5, 0.6) is 0 Å². The van der Waals surface area contributed by atoms with E-state index in [9.17, 15) is 9.59 Å². The molecule has 20 heavy (non-hydrogen) atoms. The molecule has 1 unspecified atom stereocenters. The Bertz CT molecular complexity index is 454. The first-order valence-corrected chi connectivity index (χ1v) is 5.91. The summed E-state index contributed by atoms with van der Waals surface area (Å²) in [6.45, 7) is 0.867. The molecule has 6 nitrogen and oxygen atoms in total. The van der Waals surface area contributed by atoms with E-state index >= 15 is 0 Å². The molecule has 0 spiro atoms. The van der Waals surface area contributed by atoms with Gasteiger partial charge in [0.1, 0.15) is 0 Å². The number of nitrogens with two attached hydrogens (primary N) is 2. The predicted molar refractivity (Wildman–Crippen MR) is 78.0 cm³/mol. The summed E-state index contributed by atoms with van der Waals surface area (Å²) in [4.78, 5) is 22.2. The highest BCUT2D eigenvalue weighted by Crippen LogP contribution is 2.06. The third kappa shape index (κ3) is 6.51. The van der Waals surface area contributed by atoms with E-state index in [1.807, 2.05) is 24.3 Å². The van der Waals surface area contributed by atoms with Crippen molar-refractivity contribution < 1.29 is 14.3 Å². The average Bonchev–Trinajstić information content (AvgIpc) is 2.36. The van der Waals surface area contributed by atoms with Gasteiger partial charge >= 0.3 is 0 Å². The number of rotatable bonds is 7. The van der Waals surface area contributed by atoms with Gasteiger partial charge in [-0.1, -0.05) is 24.3 Å². The Kier molecular flexibility index (Phi) is 8.54. The first-order valence-electron chi connectivity index (χ1n) is 5.91. The van der Waals surface area contributed by atoms with E-state index in [2.05, 4.69) is 5.32 Å². The maximum atomic E-state index is 11.6. The predicted octanol–water partition coefficient (Wildman–Crippen LogP) is 0.0737. The number of halogens is 1. The minimum atomic E-state index is -0.903. The third-order valence-corrected chi connectivity index (χ3v) is 2.53. The van der Waals surface area contributed by atoms with Crippen molar-refractivity contribution in [1.29, 1.82) is 0 Å². The van der Waals surface area contributed by atoms with Crippen molar-refractivity contribution in [3.05, 3.63) is 35.4 Å². The summed E-state index contributed by atoms with van der Waals surface area (Å²) < 4.78 is 5.03. The van der Waals surface area contributed by atoms with Gasteiger partial charge in [0, 0.05) is 13.7 Å². The fourth-order valence-corrected chi connectivity index (χ4v) is 1.63. The Morgan fingerprint density at radius 3 is 2.60 bits per heavy atom. The van der Waals surface area contributed by atoms with Crippen LogP contribution in [-0.2, 0) is 27.5 Å². The third-order valence-electron chi connectivity index (χ3n) is 2.53. The molecule has 112 valence electrons. The Morgan fingerprint density at radius 2 is 2.00 bits per heavy atom. The molecule has 0 aliphatic rings. The maximum absolute atomic E-state index is 11.6. The zero-order chi connectivity index (χ0) is 14.3. The van der Waals surface area contributed by atoms with E-state index in [1.165, 1.54) is 0 Å². The fourth-order valence-electron chi connectivity index (χ4n) is 1.63. The largest absolute Gasteiger partial charge is 0.380 e. The molecule has 7 heteroatoms. The van der Waals surface area contributed by atoms with Gasteiger partial charge in [-0.15, -0.1) is 12.4 Å². The fraction of sp³-hybridized carbons (Fsp3) is 0.385. The maximum Gasteiger partial charge on any atom is 0.237 e. The Morgan fingerprint density at radius 1 is 1.35 bits per heavy atom. The summed E-state index contributed by atoms with van der Waals surface area (Å²) in [5.74, 6) is -0.985. The second kappa shape index (κ2) is 9.30. The van der Waals surface area contributed by atoms with Gasteiger partial charge in [0.05, 0.1) is 19.1 Å². The van der Waals surface area contributed by atoms with Crippen LogP contribution in [0.4, 0.5) is 0 Å². The summed E-state index contributed by atoms with van der Waals surface area (Å²) >= 11 is 0. The second-order valence-electron chi connectivity index (χ2n) is 4.25. The molecule has 1 aromatic carbocycles. The molecule has 0 fully saturated rings. The molecule has 2 amide bonds. The molecule has 0 heterocycles. The van der Waals surface area contributed by atoms with Gasteiger partial charge in [-0.05, 0) is 11.1 Å². The number of nitrogens with one attached hydrogen (secondary N) is 1. The normalized spacial score (nSPS) is 11.3. The lowest BCUT2D eigenvalue weighted by Gasteiger charge is -2.11. The molecule has 0 saturated carbocycles. The Hall–Kier alpha value is -1.63. The number of benzene rings is 1. The highest BCUT2D eigenvalue weighted by atomic mass is 35.5. The number of primary amides is 1. The van der Waals surface area contributed by atoms with Gasteiger partial charge in [-0.25, -0.2) is 0 Å². The van der Waals surface area contributed by atoms with Gasteiger partial charge in [-0.3, -0.25) is 9.59 Å². The van der Waals surface area contributed by atoms with Crippen molar-refractivity contribution in [3.8, 4) is 0 Å². The SMILES string of the molecule is COCc1cccc(CNC(=O)C(N)CC(N)=O)c1.Cl. The van der Waals surface area contributed by atoms with Crippen LogP contribution in [0.15, 0.2) is 24.3 Å². The van der Waals surface area contributed by atoms with Crippen molar-refractivity contribution in [3.63, 3.8) is 0 Å². The average molecular weight is 302 g/mol. The van der Waals surface area contributed by atoms with Crippen LogP contribution < -0.4 is 16.8 Å². The summed E-state index contributed by atoms with van der Waals surface area (Å²) in [7, 11) is 1.62. The molecule has 0 aliphatic carbocycles. The number of methoxy groups -OCH3 is 1. The smallest absolute Gasteiger partial charge is 0.237 e. The first kappa shape index (κ1) is 18.4. The Labute approximate surface area is 124 Å². The van der Waals surface area contributed by atoms with E-state index in [4.69, 9.17) is 16.2 Å². The Balaban J connectivity index is 0.00000361. The number of amides is 2. The van der Waals surface area contributed by atoms with Crippen LogP contribution in [0.2, 0.25) is 0 Å². The molecule has 1 rings (SSSR count). The monoisotopic (exact) mass is 301 g/mol. The number of ether oxygens (including phenoxy) is 1. The molecule has 0 aromatic heterocycles. The highest BCUT2D eigenvalue weighted by Gasteiger charge is 2.15. The molecule has 0 bridgehead atoms. The molecule has 5 N–H and O–H groups in total. The summed E-state index contributed by atoms with van der Waals surface area (Å²) in [6, 6.07) is 6.74. The molecule has 0 saturated heterocycles. The molecule has 1 aromatic rings. The lowest BCUT2D eigenvalue weighted by Crippen LogP contribution is -2.42. The van der Waals surface area contributed by atoms with Crippen molar-refractivity contribution in [1.82, 2.24) is 5.32 Å². The van der Waals surface area contributed by atoms with Gasteiger partial charge in [0.25, 0.3) is 0 Å². The summed E-state index contributed by atoms with van der Waals surface area (Å²) in [6.07, 6.45) is -0.157. The van der Waals surface area contributed by atoms with Crippen molar-refractivity contribution in [2.45, 2.75) is 25.6 Å². The van der Waals surface area contributed by atoms with Crippen molar-refractivity contribution in [2.24, 2.45) is 11.5 Å². The number of carbonyl (C=O) groups is 2. The lowest BCUT2D eigenvalue weighted by molar-refractivity contribution is -0.126. The van der Waals surface area contributed by atoms with Crippen molar-refractivity contribution >= 4 is 24.2 Å². The zero-order valence-corrected chi connectivity index (χ0v) is 12.1. The molecule has 0 radical (unpaired) electrons. The van der Waals surface area contributed by atoms with Gasteiger partial charge in [0.2, 0.25) is 11.8 Å². The van der Waals surface area contributed by atoms with Crippen molar-refractivity contribution in [2.75, 3.05) is 7.11 Å². The molecule has 0 aliphatic heterocycles. The molecular weight excluding hydrogens is 282 g/mol. The van der Waals surface area contributed by atoms with Crippen LogP contribution in [0.25, 0.3) is 0 Å². The topological polar surface area (TPSA) is 107 Å². The van der Waals surface area contributed by atoms with Gasteiger partial charge < -0.3 is 21.5 Å². The second-order valence-corrected chi connectivity index (χ2v) is 4.25. The van der Waals surface area contributed by atoms with E-state index in [-0.39, 0.29) is 18.8 Å². The molecular formula is C13H20ClN3O3. The minimum absolute atomic E-state index is 0. The summed E-state index contributed by atoms with van der Waals surface area (Å²) in [5, 5.41) is 2.66. The van der Waals surface area contributed by atoms with Crippen LogP contribution in [0, 0.1) is 0 Å². The summed E-state index contributed by atoms with van der Waals surface area (Å²) in [5.41, 5.74) is 12.5. The quantitative estimate of drug-likeness (QED) is 0.662. The number of hydrogen-bond acceptors (Lipinski definition) is 4. The zero-order valence-electron chi connectivity index (χ0n) is 11.3. The van der Waals surface area contributed by atoms with E-state index in [0.717, 1.165) is 11.1 Å².